The molecule has 5 aliphatic rings. The van der Waals surface area contributed by atoms with Gasteiger partial charge in [-0.05, 0) is 92.9 Å². The molecule has 8 rings (SSSR count). The molecule has 0 radical (unpaired) electrons. The zero-order valence-corrected chi connectivity index (χ0v) is 24.3. The van der Waals surface area contributed by atoms with Crippen LogP contribution in [0.1, 0.15) is 110 Å². The lowest BCUT2D eigenvalue weighted by molar-refractivity contribution is -0.169. The first-order valence-electron chi connectivity index (χ1n) is 15.8. The third-order valence-corrected chi connectivity index (χ3v) is 10.3. The van der Waals surface area contributed by atoms with E-state index in [-0.39, 0.29) is 22.6 Å². The van der Waals surface area contributed by atoms with Gasteiger partial charge in [-0.1, -0.05) is 49.6 Å². The Bertz CT molecular complexity index is 1440. The summed E-state index contributed by atoms with van der Waals surface area (Å²) in [6.07, 6.45) is 15.3. The van der Waals surface area contributed by atoms with Crippen LogP contribution in [-0.2, 0) is 17.9 Å². The molecule has 5 fully saturated rings. The Hall–Kier alpha value is -3.45. The van der Waals surface area contributed by atoms with Gasteiger partial charge in [0.1, 0.15) is 23.0 Å². The number of phenols is 1. The molecule has 0 unspecified atom stereocenters. The van der Waals surface area contributed by atoms with Crippen LogP contribution in [-0.4, -0.2) is 37.5 Å². The number of hydrogen-bond donors (Lipinski definition) is 2. The molecule has 4 bridgehead atoms. The second-order valence-electron chi connectivity index (χ2n) is 13.4. The first kappa shape index (κ1) is 27.4. The highest BCUT2D eigenvalue weighted by atomic mass is 16.5. The van der Waals surface area contributed by atoms with Crippen molar-refractivity contribution >= 4 is 17.9 Å². The number of aromatic nitrogens is 2. The van der Waals surface area contributed by atoms with Gasteiger partial charge in [0, 0.05) is 12.5 Å². The number of aromatic carboxylic acids is 1. The monoisotopic (exact) mass is 567 g/mol. The molecule has 7 heteroatoms. The Morgan fingerprint density at radius 1 is 1.00 bits per heavy atom. The summed E-state index contributed by atoms with van der Waals surface area (Å²) >= 11 is 0. The summed E-state index contributed by atoms with van der Waals surface area (Å²) in [7, 11) is 0. The van der Waals surface area contributed by atoms with Gasteiger partial charge in [0.25, 0.3) is 0 Å². The van der Waals surface area contributed by atoms with Gasteiger partial charge < -0.3 is 19.5 Å². The second-order valence-corrected chi connectivity index (χ2v) is 13.4. The van der Waals surface area contributed by atoms with Crippen molar-refractivity contribution in [3.63, 3.8) is 0 Å². The highest BCUT2D eigenvalue weighted by Gasteiger charge is 2.51. The van der Waals surface area contributed by atoms with E-state index in [9.17, 15) is 15.0 Å². The number of hydrogen-bond acceptors (Lipinski definition) is 5. The Labute approximate surface area is 247 Å². The molecule has 7 nitrogen and oxygen atoms in total. The number of carboxylic acid groups (broad SMARTS) is 1. The lowest BCUT2D eigenvalue weighted by atomic mass is 9.54. The SMILES string of the molecule is O=C(O)c1ccc(O)c(N=Cc2nc(C3CCCCC3)n(Cc3ccccc3)c2COC23CC4CC(CC(C4)C2)C3)c1. The van der Waals surface area contributed by atoms with Gasteiger partial charge in [0.05, 0.1) is 29.7 Å². The molecule has 1 aromatic heterocycles. The predicted octanol–water partition coefficient (Wildman–Crippen LogP) is 7.62. The first-order chi connectivity index (χ1) is 20.4. The van der Waals surface area contributed by atoms with Crippen LogP contribution < -0.4 is 0 Å². The van der Waals surface area contributed by atoms with Crippen molar-refractivity contribution in [3.8, 4) is 5.75 Å². The molecule has 0 amide bonds. The van der Waals surface area contributed by atoms with E-state index < -0.39 is 5.97 Å². The van der Waals surface area contributed by atoms with E-state index in [4.69, 9.17) is 9.72 Å². The number of benzene rings is 2. The molecular weight excluding hydrogens is 526 g/mol. The van der Waals surface area contributed by atoms with Crippen LogP contribution in [0.15, 0.2) is 53.5 Å². The van der Waals surface area contributed by atoms with Gasteiger partial charge in [-0.2, -0.15) is 0 Å². The minimum Gasteiger partial charge on any atom is -0.506 e. The van der Waals surface area contributed by atoms with E-state index in [0.717, 1.165) is 47.8 Å². The summed E-state index contributed by atoms with van der Waals surface area (Å²) in [6, 6.07) is 14.7. The molecule has 1 heterocycles. The van der Waals surface area contributed by atoms with Crippen LogP contribution in [0, 0.1) is 17.8 Å². The average Bonchev–Trinajstić information content (AvgIpc) is 3.32. The van der Waals surface area contributed by atoms with Crippen LogP contribution in [0.2, 0.25) is 0 Å². The Kier molecular flexibility index (Phi) is 7.39. The van der Waals surface area contributed by atoms with E-state index in [1.54, 1.807) is 6.21 Å². The van der Waals surface area contributed by atoms with Crippen LogP contribution in [0.3, 0.4) is 0 Å². The molecule has 2 aromatic carbocycles. The number of imidazole rings is 1. The zero-order valence-electron chi connectivity index (χ0n) is 24.3. The third kappa shape index (κ3) is 5.51. The molecule has 2 N–H and O–H groups in total. The number of ether oxygens (including phenoxy) is 1. The molecule has 0 saturated heterocycles. The van der Waals surface area contributed by atoms with Crippen molar-refractivity contribution in [1.82, 2.24) is 9.55 Å². The quantitative estimate of drug-likeness (QED) is 0.259. The fourth-order valence-electron chi connectivity index (χ4n) is 8.71. The van der Waals surface area contributed by atoms with Gasteiger partial charge in [0.15, 0.2) is 0 Å². The molecule has 42 heavy (non-hydrogen) atoms. The zero-order chi connectivity index (χ0) is 28.7. The summed E-state index contributed by atoms with van der Waals surface area (Å²) in [6.45, 7) is 1.19. The lowest BCUT2D eigenvalue weighted by Crippen LogP contribution is -2.51. The van der Waals surface area contributed by atoms with Crippen LogP contribution in [0.25, 0.3) is 0 Å². The molecule has 5 aliphatic carbocycles. The molecule has 0 spiro atoms. The summed E-state index contributed by atoms with van der Waals surface area (Å²) in [5.74, 6) is 2.76. The highest BCUT2D eigenvalue weighted by Crippen LogP contribution is 2.57. The maximum absolute atomic E-state index is 11.6. The maximum Gasteiger partial charge on any atom is 0.335 e. The van der Waals surface area contributed by atoms with Crippen molar-refractivity contribution < 1.29 is 19.7 Å². The smallest absolute Gasteiger partial charge is 0.335 e. The van der Waals surface area contributed by atoms with Crippen molar-refractivity contribution in [2.75, 3.05) is 0 Å². The normalized spacial score (nSPS) is 27.2. The fourth-order valence-corrected chi connectivity index (χ4v) is 8.71. The van der Waals surface area contributed by atoms with Gasteiger partial charge in [-0.15, -0.1) is 0 Å². The van der Waals surface area contributed by atoms with Crippen molar-refractivity contribution in [1.29, 1.82) is 0 Å². The van der Waals surface area contributed by atoms with Gasteiger partial charge >= 0.3 is 5.97 Å². The van der Waals surface area contributed by atoms with Crippen molar-refractivity contribution in [3.05, 3.63) is 76.9 Å². The first-order valence-corrected chi connectivity index (χ1v) is 15.8. The van der Waals surface area contributed by atoms with Crippen LogP contribution in [0.5, 0.6) is 5.75 Å². The van der Waals surface area contributed by atoms with Crippen LogP contribution in [0.4, 0.5) is 5.69 Å². The van der Waals surface area contributed by atoms with E-state index in [1.165, 1.54) is 81.5 Å². The summed E-state index contributed by atoms with van der Waals surface area (Å²) < 4.78 is 9.40. The van der Waals surface area contributed by atoms with Gasteiger partial charge in [-0.25, -0.2) is 9.78 Å². The number of aromatic hydroxyl groups is 1. The number of nitrogens with zero attached hydrogens (tertiary/aromatic N) is 3. The van der Waals surface area contributed by atoms with Crippen molar-refractivity contribution in [2.45, 2.75) is 95.3 Å². The molecular formula is C35H41N3O4. The minimum atomic E-state index is -1.05. The molecule has 5 saturated carbocycles. The summed E-state index contributed by atoms with van der Waals surface area (Å²) in [5.41, 5.74) is 3.26. The Morgan fingerprint density at radius 2 is 1.69 bits per heavy atom. The number of aliphatic imine (C=N–C) groups is 1. The number of phenolic OH excluding ortho intramolecular Hbond substituents is 1. The standard InChI is InChI=1S/C35H41N3O4/c39-32-12-11-28(34(40)41)16-29(32)36-20-30-31(22-42-35-17-24-13-25(18-35)15-26(14-24)19-35)38(21-23-7-3-1-4-8-23)33(37-30)27-9-5-2-6-10-27/h1,3-4,7-8,11-12,16,20,24-27,39H,2,5-6,9-10,13-15,17-19,21-22H2,(H,40,41). The average molecular weight is 568 g/mol. The third-order valence-electron chi connectivity index (χ3n) is 10.3. The summed E-state index contributed by atoms with van der Waals surface area (Å²) in [5, 5.41) is 19.9. The number of carboxylic acids is 1. The number of rotatable bonds is 9. The van der Waals surface area contributed by atoms with E-state index >= 15 is 0 Å². The molecule has 220 valence electrons. The second kappa shape index (κ2) is 11.3. The lowest BCUT2D eigenvalue weighted by Gasteiger charge is -2.56. The van der Waals surface area contributed by atoms with Crippen molar-refractivity contribution in [2.24, 2.45) is 22.7 Å². The topological polar surface area (TPSA) is 96.9 Å². The maximum atomic E-state index is 11.6. The molecule has 0 atom stereocenters. The van der Waals surface area contributed by atoms with Gasteiger partial charge in [-0.3, -0.25) is 4.99 Å². The van der Waals surface area contributed by atoms with E-state index in [2.05, 4.69) is 33.8 Å². The van der Waals surface area contributed by atoms with Crippen LogP contribution >= 0.6 is 0 Å². The largest absolute Gasteiger partial charge is 0.506 e. The predicted molar refractivity (Wildman–Crippen MR) is 162 cm³/mol. The van der Waals surface area contributed by atoms with Gasteiger partial charge in [0.2, 0.25) is 0 Å². The van der Waals surface area contributed by atoms with E-state index in [0.29, 0.717) is 19.1 Å². The fraction of sp³-hybridized carbons (Fsp3) is 0.514. The minimum absolute atomic E-state index is 0.0376. The Morgan fingerprint density at radius 3 is 2.36 bits per heavy atom. The van der Waals surface area contributed by atoms with E-state index in [1.807, 2.05) is 6.07 Å². The Balaban J connectivity index is 1.28. The number of carbonyl (C=O) groups is 1. The highest BCUT2D eigenvalue weighted by molar-refractivity contribution is 5.90. The molecule has 0 aliphatic heterocycles. The summed E-state index contributed by atoms with van der Waals surface area (Å²) in [4.78, 5) is 21.4. The molecule has 3 aromatic rings.